The molecule has 1 aromatic rings. The molecule has 1 aliphatic heterocycles. The summed E-state index contributed by atoms with van der Waals surface area (Å²) < 4.78 is 5.51. The normalized spacial score (nSPS) is 24.0. The number of hydrogen-bond acceptors (Lipinski definition) is 3. The molecule has 2 saturated carbocycles. The molecular weight excluding hydrogens is 439 g/mol. The van der Waals surface area contributed by atoms with Gasteiger partial charge in [-0.2, -0.15) is 0 Å². The molecule has 3 aliphatic rings. The van der Waals surface area contributed by atoms with E-state index in [0.717, 1.165) is 43.7 Å². The van der Waals surface area contributed by atoms with Crippen LogP contribution in [0.4, 0.5) is 5.69 Å². The molecule has 26 heavy (non-hydrogen) atoms. The zero-order valence-corrected chi connectivity index (χ0v) is 18.2. The number of rotatable bonds is 6. The van der Waals surface area contributed by atoms with E-state index in [2.05, 4.69) is 32.7 Å². The molecule has 1 atom stereocenters. The molecule has 0 radical (unpaired) electrons. The van der Waals surface area contributed by atoms with Crippen molar-refractivity contribution in [1.29, 1.82) is 0 Å². The van der Waals surface area contributed by atoms with Gasteiger partial charge in [0.15, 0.2) is 5.96 Å². The Labute approximate surface area is 174 Å². The van der Waals surface area contributed by atoms with Crippen LogP contribution in [0, 0.1) is 11.3 Å². The first-order chi connectivity index (χ1) is 12.2. The topological polar surface area (TPSA) is 48.9 Å². The van der Waals surface area contributed by atoms with Crippen molar-refractivity contribution in [3.05, 3.63) is 24.3 Å². The Morgan fingerprint density at radius 1 is 1.27 bits per heavy atom. The van der Waals surface area contributed by atoms with E-state index >= 15 is 0 Å². The lowest BCUT2D eigenvalue weighted by Crippen LogP contribution is -2.46. The lowest BCUT2D eigenvalue weighted by molar-refractivity contribution is 0.415. The smallest absolute Gasteiger partial charge is 0.191 e. The fourth-order valence-corrected chi connectivity index (χ4v) is 4.22. The number of ether oxygens (including phenoxy) is 1. The summed E-state index contributed by atoms with van der Waals surface area (Å²) in [6.07, 6.45) is 6.78. The Kier molecular flexibility index (Phi) is 6.20. The van der Waals surface area contributed by atoms with Gasteiger partial charge in [0.2, 0.25) is 0 Å². The molecule has 0 aromatic heterocycles. The highest BCUT2D eigenvalue weighted by Crippen LogP contribution is 2.60. The second-order valence-corrected chi connectivity index (χ2v) is 7.81. The number of methoxy groups -OCH3 is 1. The summed E-state index contributed by atoms with van der Waals surface area (Å²) in [4.78, 5) is 6.84. The fraction of sp³-hybridized carbons (Fsp3) is 0.650. The maximum absolute atomic E-state index is 5.51. The van der Waals surface area contributed by atoms with Crippen LogP contribution in [0.1, 0.15) is 32.1 Å². The minimum atomic E-state index is 0. The predicted molar refractivity (Wildman–Crippen MR) is 118 cm³/mol. The second kappa shape index (κ2) is 8.23. The highest BCUT2D eigenvalue weighted by Gasteiger charge is 2.53. The average molecular weight is 470 g/mol. The Morgan fingerprint density at radius 2 is 2.04 bits per heavy atom. The van der Waals surface area contributed by atoms with Crippen LogP contribution in [-0.2, 0) is 0 Å². The summed E-state index contributed by atoms with van der Waals surface area (Å²) in [7, 11) is 3.61. The molecule has 2 N–H and O–H groups in total. The van der Waals surface area contributed by atoms with Crippen molar-refractivity contribution in [3.63, 3.8) is 0 Å². The Balaban J connectivity index is 0.00000196. The zero-order chi connectivity index (χ0) is 17.3. The van der Waals surface area contributed by atoms with Gasteiger partial charge in [-0.05, 0) is 55.6 Å². The van der Waals surface area contributed by atoms with Gasteiger partial charge in [-0.1, -0.05) is 12.1 Å². The molecule has 0 amide bonds. The maximum Gasteiger partial charge on any atom is 0.191 e. The molecule has 1 aromatic carbocycles. The molecule has 2 aliphatic carbocycles. The van der Waals surface area contributed by atoms with Crippen molar-refractivity contribution in [2.45, 2.75) is 38.1 Å². The van der Waals surface area contributed by atoms with E-state index in [1.807, 2.05) is 19.2 Å². The zero-order valence-electron chi connectivity index (χ0n) is 15.8. The lowest BCUT2D eigenvalue weighted by Gasteiger charge is -2.23. The summed E-state index contributed by atoms with van der Waals surface area (Å²) in [5.41, 5.74) is 1.78. The van der Waals surface area contributed by atoms with Gasteiger partial charge in [-0.15, -0.1) is 24.0 Å². The summed E-state index contributed by atoms with van der Waals surface area (Å²) in [5.74, 6) is 2.88. The summed E-state index contributed by atoms with van der Waals surface area (Å²) in [6.45, 7) is 3.11. The molecule has 3 fully saturated rings. The van der Waals surface area contributed by atoms with E-state index in [1.54, 1.807) is 7.11 Å². The second-order valence-electron chi connectivity index (χ2n) is 7.81. The van der Waals surface area contributed by atoms with Gasteiger partial charge in [0.1, 0.15) is 5.75 Å². The third kappa shape index (κ3) is 4.21. The van der Waals surface area contributed by atoms with Crippen LogP contribution < -0.4 is 20.3 Å². The molecule has 1 saturated heterocycles. The number of halogens is 1. The van der Waals surface area contributed by atoms with Gasteiger partial charge >= 0.3 is 0 Å². The number of benzene rings is 1. The molecular formula is C20H31IN4O. The van der Waals surface area contributed by atoms with E-state index < -0.39 is 0 Å². The first-order valence-electron chi connectivity index (χ1n) is 9.59. The van der Waals surface area contributed by atoms with Crippen LogP contribution in [0.2, 0.25) is 0 Å². The van der Waals surface area contributed by atoms with Crippen molar-refractivity contribution < 1.29 is 4.74 Å². The van der Waals surface area contributed by atoms with Gasteiger partial charge in [-0.3, -0.25) is 4.99 Å². The number of hydrogen-bond donors (Lipinski definition) is 2. The quantitative estimate of drug-likeness (QED) is 0.381. The number of nitrogens with one attached hydrogen (secondary N) is 2. The number of nitrogens with zero attached hydrogens (tertiary/aromatic N) is 2. The highest BCUT2D eigenvalue weighted by molar-refractivity contribution is 14.0. The molecule has 1 unspecified atom stereocenters. The number of guanidine groups is 1. The molecule has 4 rings (SSSR count). The molecule has 144 valence electrons. The van der Waals surface area contributed by atoms with Crippen molar-refractivity contribution in [3.8, 4) is 5.75 Å². The van der Waals surface area contributed by atoms with Crippen LogP contribution in [0.3, 0.4) is 0 Å². The van der Waals surface area contributed by atoms with Crippen molar-refractivity contribution in [1.82, 2.24) is 10.6 Å². The number of aliphatic imine (C=N–C) groups is 1. The largest absolute Gasteiger partial charge is 0.495 e. The maximum atomic E-state index is 5.51. The van der Waals surface area contributed by atoms with Gasteiger partial charge in [0, 0.05) is 32.7 Å². The van der Waals surface area contributed by atoms with Crippen molar-refractivity contribution in [2.24, 2.45) is 16.3 Å². The van der Waals surface area contributed by atoms with Gasteiger partial charge < -0.3 is 20.3 Å². The monoisotopic (exact) mass is 470 g/mol. The van der Waals surface area contributed by atoms with Crippen LogP contribution in [0.15, 0.2) is 29.3 Å². The highest BCUT2D eigenvalue weighted by atomic mass is 127. The fourth-order valence-electron chi connectivity index (χ4n) is 4.22. The van der Waals surface area contributed by atoms with E-state index in [9.17, 15) is 0 Å². The summed E-state index contributed by atoms with van der Waals surface area (Å²) in [5, 5.41) is 7.21. The van der Waals surface area contributed by atoms with E-state index in [1.165, 1.54) is 31.4 Å². The lowest BCUT2D eigenvalue weighted by atomic mass is 10.0. The standard InChI is InChI=1S/C20H30N4O.HI/c1-21-19(22-14-20(10-11-20)15-7-8-15)23-16-9-12-24(13-16)17-5-3-4-6-18(17)25-2;/h3-6,15-16H,7-14H2,1-2H3,(H2,21,22,23);1H. The van der Waals surface area contributed by atoms with Gasteiger partial charge in [-0.25, -0.2) is 0 Å². The minimum absolute atomic E-state index is 0. The molecule has 0 bridgehead atoms. The molecule has 1 heterocycles. The van der Waals surface area contributed by atoms with Crippen LogP contribution >= 0.6 is 24.0 Å². The van der Waals surface area contributed by atoms with Crippen LogP contribution in [0.25, 0.3) is 0 Å². The molecule has 0 spiro atoms. The predicted octanol–water partition coefficient (Wildman–Crippen LogP) is 3.25. The number of anilines is 1. The van der Waals surface area contributed by atoms with Crippen molar-refractivity contribution in [2.75, 3.05) is 38.7 Å². The average Bonchev–Trinajstić information content (AvgIpc) is 3.56. The molecule has 5 nitrogen and oxygen atoms in total. The first-order valence-corrected chi connectivity index (χ1v) is 9.59. The Bertz CT molecular complexity index is 642. The third-order valence-electron chi connectivity index (χ3n) is 6.12. The summed E-state index contributed by atoms with van der Waals surface area (Å²) in [6, 6.07) is 8.69. The number of para-hydroxylation sites is 2. The third-order valence-corrected chi connectivity index (χ3v) is 6.12. The van der Waals surface area contributed by atoms with Crippen LogP contribution in [-0.4, -0.2) is 45.8 Å². The Morgan fingerprint density at radius 3 is 2.69 bits per heavy atom. The SMILES string of the molecule is CN=C(NCC1(C2CC2)CC1)NC1CCN(c2ccccc2OC)C1.I. The molecule has 6 heteroatoms. The Hall–Kier alpha value is -1.18. The van der Waals surface area contributed by atoms with E-state index in [0.29, 0.717) is 11.5 Å². The van der Waals surface area contributed by atoms with Crippen molar-refractivity contribution >= 4 is 35.6 Å². The minimum Gasteiger partial charge on any atom is -0.495 e. The van der Waals surface area contributed by atoms with E-state index in [-0.39, 0.29) is 24.0 Å². The van der Waals surface area contributed by atoms with E-state index in [4.69, 9.17) is 4.74 Å². The summed E-state index contributed by atoms with van der Waals surface area (Å²) >= 11 is 0. The van der Waals surface area contributed by atoms with Gasteiger partial charge in [0.05, 0.1) is 12.8 Å². The van der Waals surface area contributed by atoms with Gasteiger partial charge in [0.25, 0.3) is 0 Å². The van der Waals surface area contributed by atoms with Crippen LogP contribution in [0.5, 0.6) is 5.75 Å². The first kappa shape index (κ1) is 19.6.